The first-order valence-corrected chi connectivity index (χ1v) is 8.63. The van der Waals surface area contributed by atoms with Crippen LogP contribution >= 0.6 is 0 Å². The van der Waals surface area contributed by atoms with Gasteiger partial charge in [-0.2, -0.15) is 13.2 Å². The lowest BCUT2D eigenvalue weighted by Gasteiger charge is -2.19. The van der Waals surface area contributed by atoms with Gasteiger partial charge in [-0.25, -0.2) is 9.97 Å². The van der Waals surface area contributed by atoms with Crippen LogP contribution in [0.1, 0.15) is 24.2 Å². The summed E-state index contributed by atoms with van der Waals surface area (Å²) in [6, 6.07) is 11.0. The van der Waals surface area contributed by atoms with E-state index in [9.17, 15) is 13.2 Å². The Hall–Kier alpha value is -2.63. The van der Waals surface area contributed by atoms with Crippen LogP contribution in [-0.4, -0.2) is 23.1 Å². The van der Waals surface area contributed by atoms with E-state index in [0.717, 1.165) is 65.9 Å². The maximum Gasteiger partial charge on any atom is 0.416 e. The molecule has 0 saturated carbocycles. The standard InChI is InChI=1S/C20H18F3N3/c1-13-24-18-12-15(14-4-7-16(8-5-14)20(21,22)23)6-9-17(18)19(25-13)26-10-2-3-11-26/h4-9,12H,2-3,10-11H2,1H3. The topological polar surface area (TPSA) is 29.0 Å². The Labute approximate surface area is 149 Å². The zero-order valence-electron chi connectivity index (χ0n) is 14.3. The molecule has 26 heavy (non-hydrogen) atoms. The summed E-state index contributed by atoms with van der Waals surface area (Å²) in [6.07, 6.45) is -2.00. The van der Waals surface area contributed by atoms with Crippen LogP contribution in [0, 0.1) is 6.92 Å². The van der Waals surface area contributed by atoms with Gasteiger partial charge in [-0.1, -0.05) is 18.2 Å². The van der Waals surface area contributed by atoms with Crippen molar-refractivity contribution in [3.8, 4) is 11.1 Å². The van der Waals surface area contributed by atoms with Crippen LogP contribution in [0.15, 0.2) is 42.5 Å². The molecule has 0 bridgehead atoms. The van der Waals surface area contributed by atoms with Gasteiger partial charge < -0.3 is 4.90 Å². The van der Waals surface area contributed by atoms with E-state index in [4.69, 9.17) is 0 Å². The van der Waals surface area contributed by atoms with Gasteiger partial charge in [0.25, 0.3) is 0 Å². The van der Waals surface area contributed by atoms with Gasteiger partial charge in [0, 0.05) is 18.5 Å². The highest BCUT2D eigenvalue weighted by molar-refractivity contribution is 5.92. The fourth-order valence-electron chi connectivity index (χ4n) is 3.43. The average molecular weight is 357 g/mol. The molecule has 3 nitrogen and oxygen atoms in total. The third-order valence-electron chi connectivity index (χ3n) is 4.74. The van der Waals surface area contributed by atoms with E-state index < -0.39 is 11.7 Å². The quantitative estimate of drug-likeness (QED) is 0.629. The summed E-state index contributed by atoms with van der Waals surface area (Å²) in [6.45, 7) is 3.85. The summed E-state index contributed by atoms with van der Waals surface area (Å²) in [5.74, 6) is 1.65. The third kappa shape index (κ3) is 3.11. The van der Waals surface area contributed by atoms with Crippen molar-refractivity contribution in [3.05, 3.63) is 53.9 Å². The highest BCUT2D eigenvalue weighted by Crippen LogP contribution is 2.33. The van der Waals surface area contributed by atoms with E-state index in [1.165, 1.54) is 12.1 Å². The van der Waals surface area contributed by atoms with Crippen LogP contribution in [0.5, 0.6) is 0 Å². The number of halogens is 3. The molecule has 2 heterocycles. The van der Waals surface area contributed by atoms with Gasteiger partial charge in [-0.15, -0.1) is 0 Å². The van der Waals surface area contributed by atoms with Gasteiger partial charge in [0.1, 0.15) is 11.6 Å². The average Bonchev–Trinajstić information content (AvgIpc) is 3.14. The number of nitrogens with zero attached hydrogens (tertiary/aromatic N) is 3. The number of hydrogen-bond acceptors (Lipinski definition) is 3. The molecule has 2 aromatic carbocycles. The SMILES string of the molecule is Cc1nc(N2CCCC2)c2ccc(-c3ccc(C(F)(F)F)cc3)cc2n1. The molecule has 1 aliphatic rings. The number of aryl methyl sites for hydroxylation is 1. The van der Waals surface area contributed by atoms with Crippen molar-refractivity contribution < 1.29 is 13.2 Å². The van der Waals surface area contributed by atoms with E-state index in [1.807, 2.05) is 25.1 Å². The van der Waals surface area contributed by atoms with Gasteiger partial charge in [0.05, 0.1) is 11.1 Å². The Morgan fingerprint density at radius 1 is 0.885 bits per heavy atom. The molecule has 0 N–H and O–H groups in total. The molecule has 0 amide bonds. The molecule has 3 aromatic rings. The molecule has 6 heteroatoms. The number of fused-ring (bicyclic) bond motifs is 1. The molecule has 0 atom stereocenters. The first kappa shape index (κ1) is 16.8. The molecule has 0 spiro atoms. The second-order valence-electron chi connectivity index (χ2n) is 6.60. The number of aromatic nitrogens is 2. The Morgan fingerprint density at radius 3 is 2.19 bits per heavy atom. The number of benzene rings is 2. The van der Waals surface area contributed by atoms with Crippen molar-refractivity contribution in [2.75, 3.05) is 18.0 Å². The van der Waals surface area contributed by atoms with E-state index in [-0.39, 0.29) is 0 Å². The monoisotopic (exact) mass is 357 g/mol. The first-order valence-electron chi connectivity index (χ1n) is 8.63. The predicted octanol–water partition coefficient (Wildman–Crippen LogP) is 5.22. The van der Waals surface area contributed by atoms with Gasteiger partial charge >= 0.3 is 6.18 Å². The fraction of sp³-hybridized carbons (Fsp3) is 0.300. The molecule has 134 valence electrons. The predicted molar refractivity (Wildman–Crippen MR) is 96.2 cm³/mol. The van der Waals surface area contributed by atoms with Gasteiger partial charge in [-0.3, -0.25) is 0 Å². The summed E-state index contributed by atoms with van der Waals surface area (Å²) in [7, 11) is 0. The Balaban J connectivity index is 1.76. The lowest BCUT2D eigenvalue weighted by molar-refractivity contribution is -0.137. The minimum atomic E-state index is -4.32. The second-order valence-corrected chi connectivity index (χ2v) is 6.60. The fourth-order valence-corrected chi connectivity index (χ4v) is 3.43. The maximum atomic E-state index is 12.7. The van der Waals surface area contributed by atoms with Gasteiger partial charge in [0.15, 0.2) is 0 Å². The highest BCUT2D eigenvalue weighted by Gasteiger charge is 2.30. The second kappa shape index (κ2) is 6.27. The summed E-state index contributed by atoms with van der Waals surface area (Å²) < 4.78 is 38.2. The van der Waals surface area contributed by atoms with E-state index in [0.29, 0.717) is 5.82 Å². The van der Waals surface area contributed by atoms with Crippen molar-refractivity contribution in [1.82, 2.24) is 9.97 Å². The van der Waals surface area contributed by atoms with E-state index >= 15 is 0 Å². The maximum absolute atomic E-state index is 12.7. The minimum absolute atomic E-state index is 0.642. The minimum Gasteiger partial charge on any atom is -0.356 e. The van der Waals surface area contributed by atoms with Crippen LogP contribution in [-0.2, 0) is 6.18 Å². The Bertz CT molecular complexity index is 943. The molecule has 0 aliphatic carbocycles. The van der Waals surface area contributed by atoms with Crippen LogP contribution in [0.2, 0.25) is 0 Å². The van der Waals surface area contributed by atoms with Crippen LogP contribution in [0.4, 0.5) is 19.0 Å². The lowest BCUT2D eigenvalue weighted by Crippen LogP contribution is -2.20. The van der Waals surface area contributed by atoms with E-state index in [2.05, 4.69) is 14.9 Å². The van der Waals surface area contributed by atoms with Gasteiger partial charge in [-0.05, 0) is 55.2 Å². The smallest absolute Gasteiger partial charge is 0.356 e. The number of rotatable bonds is 2. The molecule has 1 saturated heterocycles. The molecule has 1 fully saturated rings. The zero-order valence-corrected chi connectivity index (χ0v) is 14.3. The zero-order chi connectivity index (χ0) is 18.3. The molecule has 1 aliphatic heterocycles. The normalized spacial score (nSPS) is 15.0. The Morgan fingerprint density at radius 2 is 1.54 bits per heavy atom. The lowest BCUT2D eigenvalue weighted by atomic mass is 10.0. The third-order valence-corrected chi connectivity index (χ3v) is 4.74. The Kier molecular flexibility index (Phi) is 4.05. The molecular weight excluding hydrogens is 339 g/mol. The molecule has 0 unspecified atom stereocenters. The van der Waals surface area contributed by atoms with Crippen molar-refractivity contribution in [3.63, 3.8) is 0 Å². The van der Waals surface area contributed by atoms with Crippen LogP contribution < -0.4 is 4.90 Å². The van der Waals surface area contributed by atoms with Crippen LogP contribution in [0.3, 0.4) is 0 Å². The number of anilines is 1. The molecule has 1 aromatic heterocycles. The first-order chi connectivity index (χ1) is 12.4. The number of hydrogen-bond donors (Lipinski definition) is 0. The van der Waals surface area contributed by atoms with E-state index in [1.54, 1.807) is 0 Å². The summed E-state index contributed by atoms with van der Waals surface area (Å²) in [5.41, 5.74) is 1.75. The largest absolute Gasteiger partial charge is 0.416 e. The highest BCUT2D eigenvalue weighted by atomic mass is 19.4. The number of alkyl halides is 3. The summed E-state index contributed by atoms with van der Waals surface area (Å²) in [5, 5.41) is 0.980. The molecule has 4 rings (SSSR count). The molecule has 0 radical (unpaired) electrons. The van der Waals surface area contributed by atoms with Crippen LogP contribution in [0.25, 0.3) is 22.0 Å². The van der Waals surface area contributed by atoms with Crippen molar-refractivity contribution in [2.45, 2.75) is 25.9 Å². The van der Waals surface area contributed by atoms with Crippen molar-refractivity contribution in [2.24, 2.45) is 0 Å². The van der Waals surface area contributed by atoms with Crippen molar-refractivity contribution >= 4 is 16.7 Å². The summed E-state index contributed by atoms with van der Waals surface area (Å²) >= 11 is 0. The van der Waals surface area contributed by atoms with Gasteiger partial charge in [0.2, 0.25) is 0 Å². The molecular formula is C20H18F3N3. The summed E-state index contributed by atoms with van der Waals surface area (Å²) in [4.78, 5) is 11.4. The van der Waals surface area contributed by atoms with Crippen molar-refractivity contribution in [1.29, 1.82) is 0 Å².